The van der Waals surface area contributed by atoms with Crippen LogP contribution in [0.3, 0.4) is 0 Å². The molecule has 112 valence electrons. The lowest BCUT2D eigenvalue weighted by Gasteiger charge is -2.08. The van der Waals surface area contributed by atoms with Crippen molar-refractivity contribution in [2.75, 3.05) is 11.5 Å². The molecule has 1 aromatic carbocycles. The molecule has 2 heterocycles. The number of hydrogen-bond acceptors (Lipinski definition) is 5. The highest BCUT2D eigenvalue weighted by molar-refractivity contribution is 5.94. The van der Waals surface area contributed by atoms with Crippen molar-refractivity contribution in [3.8, 4) is 11.3 Å². The Kier molecular flexibility index (Phi) is 2.98. The molecule has 0 bridgehead atoms. The van der Waals surface area contributed by atoms with Crippen LogP contribution < -0.4 is 22.5 Å². The molecule has 0 amide bonds. The van der Waals surface area contributed by atoms with Crippen molar-refractivity contribution in [3.63, 3.8) is 0 Å². The molecule has 4 N–H and O–H groups in total. The number of rotatable bonds is 1. The van der Waals surface area contributed by atoms with Gasteiger partial charge < -0.3 is 20.5 Å². The lowest BCUT2D eigenvalue weighted by Crippen LogP contribution is -2.14. The van der Waals surface area contributed by atoms with Gasteiger partial charge in [0.1, 0.15) is 17.3 Å². The molecule has 0 saturated heterocycles. The summed E-state index contributed by atoms with van der Waals surface area (Å²) in [6.45, 7) is 0. The Labute approximate surface area is 123 Å². The molecule has 22 heavy (non-hydrogen) atoms. The van der Waals surface area contributed by atoms with Crippen molar-refractivity contribution < 1.29 is 8.81 Å². The van der Waals surface area contributed by atoms with Gasteiger partial charge in [-0.15, -0.1) is 0 Å². The Morgan fingerprint density at radius 1 is 1.14 bits per heavy atom. The van der Waals surface area contributed by atoms with E-state index in [0.717, 1.165) is 6.07 Å². The van der Waals surface area contributed by atoms with Gasteiger partial charge in [0, 0.05) is 30.9 Å². The first kappa shape index (κ1) is 13.9. The molecule has 0 aliphatic carbocycles. The molecule has 0 unspecified atom stereocenters. The molecule has 0 radical (unpaired) electrons. The lowest BCUT2D eigenvalue weighted by atomic mass is 10.1. The van der Waals surface area contributed by atoms with Gasteiger partial charge in [-0.3, -0.25) is 9.59 Å². The molecule has 0 fully saturated rings. The summed E-state index contributed by atoms with van der Waals surface area (Å²) in [5.41, 5.74) is 10.5. The van der Waals surface area contributed by atoms with E-state index in [0.29, 0.717) is 5.56 Å². The second-order valence-electron chi connectivity index (χ2n) is 4.90. The number of fused-ring (bicyclic) bond motifs is 1. The van der Waals surface area contributed by atoms with Gasteiger partial charge >= 0.3 is 0 Å². The van der Waals surface area contributed by atoms with Crippen LogP contribution in [0.25, 0.3) is 22.3 Å². The van der Waals surface area contributed by atoms with E-state index in [2.05, 4.69) is 0 Å². The fourth-order valence-corrected chi connectivity index (χ4v) is 2.14. The molecule has 6 nitrogen and oxygen atoms in total. The van der Waals surface area contributed by atoms with Crippen molar-refractivity contribution in [2.45, 2.75) is 0 Å². The number of anilines is 2. The third kappa shape index (κ3) is 2.03. The Morgan fingerprint density at radius 3 is 2.55 bits per heavy atom. The zero-order valence-electron chi connectivity index (χ0n) is 11.6. The van der Waals surface area contributed by atoms with E-state index in [4.69, 9.17) is 15.9 Å². The number of halogens is 1. The van der Waals surface area contributed by atoms with Gasteiger partial charge in [0.05, 0.1) is 11.1 Å². The summed E-state index contributed by atoms with van der Waals surface area (Å²) in [7, 11) is 1.60. The number of nitrogens with zero attached hydrogens (tertiary/aromatic N) is 1. The van der Waals surface area contributed by atoms with Crippen LogP contribution in [0, 0.1) is 5.82 Å². The highest BCUT2D eigenvalue weighted by atomic mass is 19.1. The highest BCUT2D eigenvalue weighted by Crippen LogP contribution is 2.30. The average Bonchev–Trinajstić information content (AvgIpc) is 2.49. The maximum absolute atomic E-state index is 13.6. The monoisotopic (exact) mass is 301 g/mol. The third-order valence-electron chi connectivity index (χ3n) is 3.44. The van der Waals surface area contributed by atoms with Crippen molar-refractivity contribution in [3.05, 3.63) is 56.9 Å². The van der Waals surface area contributed by atoms with E-state index < -0.39 is 11.2 Å². The van der Waals surface area contributed by atoms with Crippen molar-refractivity contribution >= 4 is 22.3 Å². The average molecular weight is 301 g/mol. The fraction of sp³-hybridized carbons (Fsp3) is 0.0667. The van der Waals surface area contributed by atoms with E-state index in [1.54, 1.807) is 19.3 Å². The van der Waals surface area contributed by atoms with E-state index in [9.17, 15) is 14.0 Å². The van der Waals surface area contributed by atoms with E-state index in [-0.39, 0.29) is 33.7 Å². The molecule has 3 rings (SSSR count). The number of aromatic nitrogens is 1. The number of nitrogens with two attached hydrogens (primary N) is 2. The molecule has 0 spiro atoms. The first-order valence-electron chi connectivity index (χ1n) is 6.37. The first-order valence-corrected chi connectivity index (χ1v) is 6.37. The predicted octanol–water partition coefficient (Wildman–Crippen LogP) is 1.46. The van der Waals surface area contributed by atoms with Gasteiger partial charge in [-0.25, -0.2) is 4.39 Å². The minimum absolute atomic E-state index is 0.00192. The van der Waals surface area contributed by atoms with E-state index >= 15 is 0 Å². The smallest absolute Gasteiger partial charge is 0.250 e. The maximum Gasteiger partial charge on any atom is 0.250 e. The summed E-state index contributed by atoms with van der Waals surface area (Å²) in [6, 6.07) is 5.12. The number of hydrogen-bond donors (Lipinski definition) is 2. The summed E-state index contributed by atoms with van der Waals surface area (Å²) in [5.74, 6) is -0.619. The van der Waals surface area contributed by atoms with Crippen LogP contribution in [0.15, 0.2) is 44.5 Å². The predicted molar refractivity (Wildman–Crippen MR) is 81.9 cm³/mol. The molecule has 0 aliphatic heterocycles. The van der Waals surface area contributed by atoms with Crippen molar-refractivity contribution in [2.24, 2.45) is 7.05 Å². The van der Waals surface area contributed by atoms with E-state index in [1.165, 1.54) is 16.7 Å². The summed E-state index contributed by atoms with van der Waals surface area (Å²) in [6.07, 6.45) is 1.55. The van der Waals surface area contributed by atoms with Gasteiger partial charge in [0.25, 0.3) is 5.56 Å². The van der Waals surface area contributed by atoms with Crippen LogP contribution >= 0.6 is 0 Å². The van der Waals surface area contributed by atoms with Gasteiger partial charge in [0.2, 0.25) is 0 Å². The third-order valence-corrected chi connectivity index (χ3v) is 3.44. The molecule has 0 atom stereocenters. The summed E-state index contributed by atoms with van der Waals surface area (Å²) < 4.78 is 20.5. The largest absolute Gasteiger partial charge is 0.454 e. The summed E-state index contributed by atoms with van der Waals surface area (Å²) in [4.78, 5) is 23.8. The van der Waals surface area contributed by atoms with Crippen LogP contribution in [0.1, 0.15) is 0 Å². The first-order chi connectivity index (χ1) is 10.4. The van der Waals surface area contributed by atoms with Crippen LogP contribution in [-0.4, -0.2) is 4.57 Å². The minimum Gasteiger partial charge on any atom is -0.454 e. The standard InChI is InChI=1S/C15H12FN3O3/c1-19-3-2-7(4-12(19)21)11-6-10(20)8-5-9(16)13(17)14(18)15(8)22-11/h2-6H,17-18H2,1H3. The van der Waals surface area contributed by atoms with E-state index in [1.807, 2.05) is 0 Å². The highest BCUT2D eigenvalue weighted by Gasteiger charge is 2.15. The second-order valence-corrected chi connectivity index (χ2v) is 4.90. The Hall–Kier alpha value is -3.09. The SMILES string of the molecule is Cn1ccc(-c2cc(=O)c3cc(F)c(N)c(N)c3o2)cc1=O. The fourth-order valence-electron chi connectivity index (χ4n) is 2.14. The van der Waals surface area contributed by atoms with Crippen LogP contribution in [0.5, 0.6) is 0 Å². The van der Waals surface area contributed by atoms with Gasteiger partial charge in [0.15, 0.2) is 11.0 Å². The molecule has 0 aliphatic rings. The molecule has 0 saturated carbocycles. The number of nitrogen functional groups attached to an aromatic ring is 2. The topological polar surface area (TPSA) is 104 Å². The number of pyridine rings is 1. The number of aryl methyl sites for hydroxylation is 1. The Morgan fingerprint density at radius 2 is 1.86 bits per heavy atom. The zero-order chi connectivity index (χ0) is 16.0. The Balaban J connectivity index is 2.35. The van der Waals surface area contributed by atoms with Crippen LogP contribution in [-0.2, 0) is 7.05 Å². The van der Waals surface area contributed by atoms with Crippen molar-refractivity contribution in [1.82, 2.24) is 4.57 Å². The maximum atomic E-state index is 13.6. The molecule has 3 aromatic rings. The van der Waals surface area contributed by atoms with Gasteiger partial charge in [-0.1, -0.05) is 0 Å². The molecule has 7 heteroatoms. The summed E-state index contributed by atoms with van der Waals surface area (Å²) in [5, 5.41) is -0.00298. The van der Waals surface area contributed by atoms with Crippen LogP contribution in [0.4, 0.5) is 15.8 Å². The lowest BCUT2D eigenvalue weighted by molar-refractivity contribution is 0.612. The zero-order valence-corrected chi connectivity index (χ0v) is 11.6. The van der Waals surface area contributed by atoms with Crippen molar-refractivity contribution in [1.29, 1.82) is 0 Å². The quantitative estimate of drug-likeness (QED) is 0.662. The normalized spacial score (nSPS) is 11.0. The van der Waals surface area contributed by atoms with Crippen LogP contribution in [0.2, 0.25) is 0 Å². The molecular weight excluding hydrogens is 289 g/mol. The second kappa shape index (κ2) is 4.73. The Bertz CT molecular complexity index is 1020. The summed E-state index contributed by atoms with van der Waals surface area (Å²) >= 11 is 0. The molecule has 2 aromatic heterocycles. The van der Waals surface area contributed by atoms with Gasteiger partial charge in [-0.05, 0) is 12.1 Å². The number of benzene rings is 1. The minimum atomic E-state index is -0.779. The molecular formula is C15H12FN3O3. The van der Waals surface area contributed by atoms with Gasteiger partial charge in [-0.2, -0.15) is 0 Å².